The maximum Gasteiger partial charge on any atom is 0.234 e. The van der Waals surface area contributed by atoms with Gasteiger partial charge in [0.25, 0.3) is 0 Å². The van der Waals surface area contributed by atoms with Gasteiger partial charge in [-0.15, -0.1) is 0 Å². The van der Waals surface area contributed by atoms with E-state index in [0.717, 1.165) is 19.4 Å². The van der Waals surface area contributed by atoms with Crippen LogP contribution in [-0.4, -0.2) is 56.6 Å². The lowest BCUT2D eigenvalue weighted by Gasteiger charge is -2.30. The van der Waals surface area contributed by atoms with Crippen molar-refractivity contribution < 1.29 is 19.1 Å². The van der Waals surface area contributed by atoms with E-state index in [9.17, 15) is 9.59 Å². The van der Waals surface area contributed by atoms with Crippen molar-refractivity contribution in [1.82, 2.24) is 10.2 Å². The van der Waals surface area contributed by atoms with Gasteiger partial charge < -0.3 is 20.5 Å². The van der Waals surface area contributed by atoms with Crippen molar-refractivity contribution >= 4 is 11.8 Å². The topological polar surface area (TPSA) is 93.9 Å². The lowest BCUT2D eigenvalue weighted by molar-refractivity contribution is -0.126. The van der Waals surface area contributed by atoms with Crippen LogP contribution in [0.5, 0.6) is 11.5 Å². The first-order chi connectivity index (χ1) is 11.6. The molecule has 132 valence electrons. The molecular formula is C17H25N3O4. The normalized spacial score (nSPS) is 18.0. The smallest absolute Gasteiger partial charge is 0.234 e. The number of para-hydroxylation sites is 2. The standard InChI is InChI=1S/C17H25N3O4/c1-23-14-6-2-3-7-15(14)24-10-8-19-16(21)12-20-9-4-5-13(11-20)17(18)22/h2-3,6-7,13H,4-5,8-12H2,1H3,(H2,18,22)(H,19,21)/t13-/m0/s1. The predicted molar refractivity (Wildman–Crippen MR) is 89.9 cm³/mol. The minimum Gasteiger partial charge on any atom is -0.493 e. The summed E-state index contributed by atoms with van der Waals surface area (Å²) < 4.78 is 10.8. The number of hydrogen-bond donors (Lipinski definition) is 2. The van der Waals surface area contributed by atoms with Crippen molar-refractivity contribution in [3.05, 3.63) is 24.3 Å². The van der Waals surface area contributed by atoms with E-state index in [-0.39, 0.29) is 24.3 Å². The molecule has 2 rings (SSSR count). The SMILES string of the molecule is COc1ccccc1OCCNC(=O)CN1CCC[C@H](C(N)=O)C1. The third-order valence-corrected chi connectivity index (χ3v) is 4.03. The number of carbonyl (C=O) groups excluding carboxylic acids is 2. The highest BCUT2D eigenvalue weighted by molar-refractivity contribution is 5.79. The summed E-state index contributed by atoms with van der Waals surface area (Å²) in [5.41, 5.74) is 5.34. The second kappa shape index (κ2) is 9.12. The van der Waals surface area contributed by atoms with E-state index in [1.807, 2.05) is 29.2 Å². The van der Waals surface area contributed by atoms with E-state index in [0.29, 0.717) is 31.2 Å². The molecule has 7 nitrogen and oxygen atoms in total. The molecule has 1 saturated heterocycles. The van der Waals surface area contributed by atoms with Crippen LogP contribution in [0.1, 0.15) is 12.8 Å². The number of nitrogens with one attached hydrogen (secondary N) is 1. The highest BCUT2D eigenvalue weighted by atomic mass is 16.5. The van der Waals surface area contributed by atoms with Crippen LogP contribution in [0, 0.1) is 5.92 Å². The van der Waals surface area contributed by atoms with E-state index in [1.54, 1.807) is 7.11 Å². The summed E-state index contributed by atoms with van der Waals surface area (Å²) in [4.78, 5) is 25.2. The van der Waals surface area contributed by atoms with E-state index in [2.05, 4.69) is 5.32 Å². The zero-order valence-electron chi connectivity index (χ0n) is 14.0. The molecule has 0 radical (unpaired) electrons. The van der Waals surface area contributed by atoms with Gasteiger partial charge in [0.2, 0.25) is 11.8 Å². The average Bonchev–Trinajstić information content (AvgIpc) is 2.59. The zero-order chi connectivity index (χ0) is 17.4. The molecule has 1 atom stereocenters. The molecule has 7 heteroatoms. The number of methoxy groups -OCH3 is 1. The highest BCUT2D eigenvalue weighted by Gasteiger charge is 2.24. The maximum atomic E-state index is 12.0. The average molecular weight is 335 g/mol. The lowest BCUT2D eigenvalue weighted by Crippen LogP contribution is -2.46. The fourth-order valence-corrected chi connectivity index (χ4v) is 2.78. The Hall–Kier alpha value is -2.28. The molecule has 1 aromatic rings. The summed E-state index contributed by atoms with van der Waals surface area (Å²) in [5, 5.41) is 2.82. The number of amides is 2. The lowest BCUT2D eigenvalue weighted by atomic mass is 9.97. The van der Waals surface area contributed by atoms with Crippen molar-refractivity contribution in [1.29, 1.82) is 0 Å². The summed E-state index contributed by atoms with van der Waals surface area (Å²) in [6, 6.07) is 7.37. The first-order valence-corrected chi connectivity index (χ1v) is 8.14. The van der Waals surface area contributed by atoms with Crippen LogP contribution in [0.15, 0.2) is 24.3 Å². The fourth-order valence-electron chi connectivity index (χ4n) is 2.78. The number of piperidine rings is 1. The Morgan fingerprint density at radius 2 is 2.08 bits per heavy atom. The molecule has 0 spiro atoms. The van der Waals surface area contributed by atoms with Gasteiger partial charge in [-0.3, -0.25) is 14.5 Å². The van der Waals surface area contributed by atoms with E-state index < -0.39 is 0 Å². The second-order valence-electron chi connectivity index (χ2n) is 5.83. The third-order valence-electron chi connectivity index (χ3n) is 4.03. The quantitative estimate of drug-likeness (QED) is 0.670. The Labute approximate surface area is 142 Å². The molecule has 1 aliphatic heterocycles. The molecule has 24 heavy (non-hydrogen) atoms. The first-order valence-electron chi connectivity index (χ1n) is 8.14. The van der Waals surface area contributed by atoms with Crippen LogP contribution in [0.25, 0.3) is 0 Å². The monoisotopic (exact) mass is 335 g/mol. The number of carbonyl (C=O) groups is 2. The first kappa shape index (κ1) is 18.1. The number of rotatable bonds is 8. The third kappa shape index (κ3) is 5.42. The number of benzene rings is 1. The minimum atomic E-state index is -0.287. The minimum absolute atomic E-state index is 0.0799. The number of ether oxygens (including phenoxy) is 2. The van der Waals surface area contributed by atoms with Gasteiger partial charge >= 0.3 is 0 Å². The summed E-state index contributed by atoms with van der Waals surface area (Å²) in [7, 11) is 1.59. The molecule has 1 aromatic carbocycles. The Kier molecular flexibility index (Phi) is 6.87. The molecule has 0 bridgehead atoms. The van der Waals surface area contributed by atoms with Crippen molar-refractivity contribution in [2.45, 2.75) is 12.8 Å². The molecule has 2 amide bonds. The van der Waals surface area contributed by atoms with Crippen LogP contribution in [0.4, 0.5) is 0 Å². The van der Waals surface area contributed by atoms with E-state index in [1.165, 1.54) is 0 Å². The number of nitrogens with zero attached hydrogens (tertiary/aromatic N) is 1. The van der Waals surface area contributed by atoms with Gasteiger partial charge in [-0.05, 0) is 31.5 Å². The largest absolute Gasteiger partial charge is 0.493 e. The molecule has 1 fully saturated rings. The van der Waals surface area contributed by atoms with Gasteiger partial charge in [0.1, 0.15) is 6.61 Å². The zero-order valence-corrected chi connectivity index (χ0v) is 14.0. The Morgan fingerprint density at radius 1 is 1.33 bits per heavy atom. The number of nitrogens with two attached hydrogens (primary N) is 1. The molecular weight excluding hydrogens is 310 g/mol. The Morgan fingerprint density at radius 3 is 2.79 bits per heavy atom. The molecule has 3 N–H and O–H groups in total. The fraction of sp³-hybridized carbons (Fsp3) is 0.529. The van der Waals surface area contributed by atoms with Crippen LogP contribution in [0.2, 0.25) is 0 Å². The molecule has 0 aliphatic carbocycles. The molecule has 0 unspecified atom stereocenters. The van der Waals surface area contributed by atoms with Gasteiger partial charge in [-0.1, -0.05) is 12.1 Å². The summed E-state index contributed by atoms with van der Waals surface area (Å²) in [5.74, 6) is 0.790. The van der Waals surface area contributed by atoms with E-state index >= 15 is 0 Å². The van der Waals surface area contributed by atoms with Gasteiger partial charge in [0.15, 0.2) is 11.5 Å². The van der Waals surface area contributed by atoms with Crippen LogP contribution in [0.3, 0.4) is 0 Å². The summed E-state index contributed by atoms with van der Waals surface area (Å²) in [6.45, 7) is 2.41. The number of hydrogen-bond acceptors (Lipinski definition) is 5. The Balaban J connectivity index is 1.67. The van der Waals surface area contributed by atoms with Crippen molar-refractivity contribution in [3.63, 3.8) is 0 Å². The highest BCUT2D eigenvalue weighted by Crippen LogP contribution is 2.25. The van der Waals surface area contributed by atoms with Crippen molar-refractivity contribution in [2.75, 3.05) is 39.9 Å². The van der Waals surface area contributed by atoms with Crippen LogP contribution < -0.4 is 20.5 Å². The number of likely N-dealkylation sites (tertiary alicyclic amines) is 1. The maximum absolute atomic E-state index is 12.0. The molecule has 1 aliphatic rings. The van der Waals surface area contributed by atoms with Gasteiger partial charge in [-0.25, -0.2) is 0 Å². The van der Waals surface area contributed by atoms with Gasteiger partial charge in [-0.2, -0.15) is 0 Å². The van der Waals surface area contributed by atoms with Gasteiger partial charge in [0, 0.05) is 6.54 Å². The molecule has 0 aromatic heterocycles. The summed E-state index contributed by atoms with van der Waals surface area (Å²) in [6.07, 6.45) is 1.69. The summed E-state index contributed by atoms with van der Waals surface area (Å²) >= 11 is 0. The Bertz CT molecular complexity index is 565. The van der Waals surface area contributed by atoms with E-state index in [4.69, 9.17) is 15.2 Å². The van der Waals surface area contributed by atoms with Crippen LogP contribution in [-0.2, 0) is 9.59 Å². The molecule has 1 heterocycles. The number of primary amides is 1. The molecule has 0 saturated carbocycles. The predicted octanol–water partition coefficient (Wildman–Crippen LogP) is 0.388. The van der Waals surface area contributed by atoms with Gasteiger partial charge in [0.05, 0.1) is 26.1 Å². The second-order valence-corrected chi connectivity index (χ2v) is 5.83. The van der Waals surface area contributed by atoms with Crippen LogP contribution >= 0.6 is 0 Å². The van der Waals surface area contributed by atoms with Crippen molar-refractivity contribution in [2.24, 2.45) is 11.7 Å². The van der Waals surface area contributed by atoms with Crippen molar-refractivity contribution in [3.8, 4) is 11.5 Å².